The second-order valence-electron chi connectivity index (χ2n) is 6.99. The Morgan fingerprint density at radius 1 is 1.35 bits per heavy atom. The first-order chi connectivity index (χ1) is 12.5. The summed E-state index contributed by atoms with van der Waals surface area (Å²) in [6.07, 6.45) is 3.15. The minimum atomic E-state index is -0.148. The Labute approximate surface area is 151 Å². The molecule has 2 aliphatic heterocycles. The van der Waals surface area contributed by atoms with Gasteiger partial charge in [-0.15, -0.1) is 0 Å². The highest BCUT2D eigenvalue weighted by Gasteiger charge is 2.45. The fourth-order valence-electron chi connectivity index (χ4n) is 3.82. The zero-order valence-corrected chi connectivity index (χ0v) is 14.8. The molecule has 0 saturated carbocycles. The van der Waals surface area contributed by atoms with E-state index >= 15 is 0 Å². The molecule has 138 valence electrons. The van der Waals surface area contributed by atoms with E-state index in [0.717, 1.165) is 5.56 Å². The van der Waals surface area contributed by atoms with Crippen LogP contribution in [-0.4, -0.2) is 58.8 Å². The van der Waals surface area contributed by atoms with Crippen LogP contribution in [0.4, 0.5) is 0 Å². The van der Waals surface area contributed by atoms with Crippen molar-refractivity contribution in [1.82, 2.24) is 20.0 Å². The molecule has 0 spiro atoms. The number of ether oxygens (including phenoxy) is 1. The van der Waals surface area contributed by atoms with Gasteiger partial charge < -0.3 is 19.4 Å². The second-order valence-corrected chi connectivity index (χ2v) is 6.99. The van der Waals surface area contributed by atoms with E-state index in [-0.39, 0.29) is 29.8 Å². The molecule has 2 aromatic rings. The van der Waals surface area contributed by atoms with Crippen molar-refractivity contribution in [2.24, 2.45) is 18.9 Å². The number of hydrogen-bond donors (Lipinski definition) is 1. The highest BCUT2D eigenvalue weighted by atomic mass is 16.5. The molecule has 2 aliphatic rings. The van der Waals surface area contributed by atoms with Crippen molar-refractivity contribution in [3.8, 4) is 0 Å². The Balaban J connectivity index is 1.36. The van der Waals surface area contributed by atoms with Crippen molar-refractivity contribution < 1.29 is 18.7 Å². The Morgan fingerprint density at radius 3 is 2.88 bits per heavy atom. The van der Waals surface area contributed by atoms with Crippen LogP contribution in [0, 0.1) is 18.8 Å². The molecule has 2 aromatic heterocycles. The summed E-state index contributed by atoms with van der Waals surface area (Å²) in [5.74, 6) is 0.563. The van der Waals surface area contributed by atoms with Gasteiger partial charge in [-0.1, -0.05) is 0 Å². The van der Waals surface area contributed by atoms with Crippen molar-refractivity contribution in [3.05, 3.63) is 41.6 Å². The minimum absolute atomic E-state index is 0.0211. The van der Waals surface area contributed by atoms with Gasteiger partial charge in [0.05, 0.1) is 19.0 Å². The predicted octanol–water partition coefficient (Wildman–Crippen LogP) is 0.839. The number of likely N-dealkylation sites (tertiary alicyclic amines) is 1. The number of carbonyl (C=O) groups is 2. The number of furan rings is 1. The van der Waals surface area contributed by atoms with Gasteiger partial charge in [0.2, 0.25) is 0 Å². The smallest absolute Gasteiger partial charge is 0.289 e. The summed E-state index contributed by atoms with van der Waals surface area (Å²) in [6.45, 7) is 4.17. The van der Waals surface area contributed by atoms with Crippen molar-refractivity contribution in [2.45, 2.75) is 13.0 Å². The Morgan fingerprint density at radius 2 is 2.19 bits per heavy atom. The molecule has 8 heteroatoms. The van der Waals surface area contributed by atoms with E-state index in [2.05, 4.69) is 10.4 Å². The van der Waals surface area contributed by atoms with Crippen molar-refractivity contribution in [3.63, 3.8) is 0 Å². The van der Waals surface area contributed by atoms with Crippen LogP contribution in [0.5, 0.6) is 0 Å². The lowest BCUT2D eigenvalue weighted by molar-refractivity contribution is 0.0648. The molecule has 3 atom stereocenters. The van der Waals surface area contributed by atoms with Crippen LogP contribution in [0.15, 0.2) is 29.0 Å². The summed E-state index contributed by atoms with van der Waals surface area (Å²) in [6, 6.07) is 3.47. The van der Waals surface area contributed by atoms with E-state index in [0.29, 0.717) is 37.7 Å². The lowest BCUT2D eigenvalue weighted by atomic mass is 9.93. The van der Waals surface area contributed by atoms with Crippen LogP contribution >= 0.6 is 0 Å². The number of aryl methyl sites for hydroxylation is 2. The zero-order chi connectivity index (χ0) is 18.3. The monoisotopic (exact) mass is 358 g/mol. The van der Waals surface area contributed by atoms with E-state index in [9.17, 15) is 9.59 Å². The van der Waals surface area contributed by atoms with Crippen LogP contribution in [0.3, 0.4) is 0 Å². The van der Waals surface area contributed by atoms with E-state index < -0.39 is 0 Å². The van der Waals surface area contributed by atoms with Gasteiger partial charge in [0.25, 0.3) is 11.8 Å². The first-order valence-corrected chi connectivity index (χ1v) is 8.75. The molecule has 2 amide bonds. The molecule has 4 heterocycles. The van der Waals surface area contributed by atoms with E-state index in [1.165, 1.54) is 6.26 Å². The number of hydrogen-bond acceptors (Lipinski definition) is 5. The van der Waals surface area contributed by atoms with E-state index in [1.54, 1.807) is 35.0 Å². The number of carbonyl (C=O) groups excluding carboxylic acids is 2. The van der Waals surface area contributed by atoms with Crippen LogP contribution in [-0.2, 0) is 11.8 Å². The summed E-state index contributed by atoms with van der Waals surface area (Å²) in [7, 11) is 1.74. The van der Waals surface area contributed by atoms with Gasteiger partial charge in [0, 0.05) is 50.3 Å². The molecule has 0 unspecified atom stereocenters. The third-order valence-corrected chi connectivity index (χ3v) is 5.36. The molecule has 2 fully saturated rings. The molecule has 0 aliphatic carbocycles. The number of amides is 2. The van der Waals surface area contributed by atoms with Crippen molar-refractivity contribution in [2.75, 3.05) is 26.2 Å². The second kappa shape index (κ2) is 6.60. The first kappa shape index (κ1) is 16.8. The largest absolute Gasteiger partial charge is 0.459 e. The molecule has 0 radical (unpaired) electrons. The molecule has 26 heavy (non-hydrogen) atoms. The quantitative estimate of drug-likeness (QED) is 0.875. The number of nitrogens with one attached hydrogen (secondary N) is 1. The van der Waals surface area contributed by atoms with Crippen LogP contribution < -0.4 is 5.32 Å². The maximum atomic E-state index is 12.6. The van der Waals surface area contributed by atoms with Crippen LogP contribution in [0.25, 0.3) is 0 Å². The lowest BCUT2D eigenvalue weighted by Gasteiger charge is -2.19. The van der Waals surface area contributed by atoms with Crippen LogP contribution in [0.2, 0.25) is 0 Å². The van der Waals surface area contributed by atoms with Gasteiger partial charge in [-0.05, 0) is 19.1 Å². The summed E-state index contributed by atoms with van der Waals surface area (Å²) in [4.78, 5) is 26.7. The average molecular weight is 358 g/mol. The first-order valence-electron chi connectivity index (χ1n) is 8.75. The third kappa shape index (κ3) is 2.90. The maximum Gasteiger partial charge on any atom is 0.289 e. The number of nitrogens with zero attached hydrogens (tertiary/aromatic N) is 3. The average Bonchev–Trinajstić information content (AvgIpc) is 3.36. The van der Waals surface area contributed by atoms with E-state index in [1.807, 2.05) is 6.92 Å². The zero-order valence-electron chi connectivity index (χ0n) is 14.8. The highest BCUT2D eigenvalue weighted by Crippen LogP contribution is 2.34. The molecule has 2 saturated heterocycles. The normalized spacial score (nSPS) is 24.7. The van der Waals surface area contributed by atoms with Crippen molar-refractivity contribution in [1.29, 1.82) is 0 Å². The SMILES string of the molecule is Cc1ccoc1C(=O)N1C[C@@H]2[C@@H](CNC(=O)c3ccnn3C)CO[C@@H]2C1. The van der Waals surface area contributed by atoms with Gasteiger partial charge in [-0.3, -0.25) is 14.3 Å². The van der Waals surface area contributed by atoms with Crippen molar-refractivity contribution >= 4 is 11.8 Å². The van der Waals surface area contributed by atoms with E-state index in [4.69, 9.17) is 9.15 Å². The Bertz CT molecular complexity index is 827. The van der Waals surface area contributed by atoms with Gasteiger partial charge >= 0.3 is 0 Å². The Kier molecular flexibility index (Phi) is 4.28. The lowest BCUT2D eigenvalue weighted by Crippen LogP contribution is -2.36. The Hall–Kier alpha value is -2.61. The fourth-order valence-corrected chi connectivity index (χ4v) is 3.82. The standard InChI is InChI=1S/C18H22N4O4/c1-11-4-6-25-16(11)18(24)22-8-13-12(10-26-15(13)9-22)7-19-17(23)14-3-5-20-21(14)2/h3-6,12-13,15H,7-10H2,1-2H3,(H,19,23)/t12-,13+,15+/m0/s1. The molecule has 1 N–H and O–H groups in total. The van der Waals surface area contributed by atoms with Crippen LogP contribution in [0.1, 0.15) is 26.6 Å². The van der Waals surface area contributed by atoms with Gasteiger partial charge in [-0.2, -0.15) is 5.10 Å². The molecule has 0 aromatic carbocycles. The molecular formula is C18H22N4O4. The minimum Gasteiger partial charge on any atom is -0.459 e. The number of aromatic nitrogens is 2. The number of fused-ring (bicyclic) bond motifs is 1. The highest BCUT2D eigenvalue weighted by molar-refractivity contribution is 5.93. The summed E-state index contributed by atoms with van der Waals surface area (Å²) >= 11 is 0. The third-order valence-electron chi connectivity index (χ3n) is 5.36. The maximum absolute atomic E-state index is 12.6. The summed E-state index contributed by atoms with van der Waals surface area (Å²) < 4.78 is 12.7. The molecule has 0 bridgehead atoms. The molecule has 8 nitrogen and oxygen atoms in total. The molecule has 4 rings (SSSR count). The summed E-state index contributed by atoms with van der Waals surface area (Å²) in [5.41, 5.74) is 1.37. The van der Waals surface area contributed by atoms with Gasteiger partial charge in [0.1, 0.15) is 5.69 Å². The van der Waals surface area contributed by atoms with Gasteiger partial charge in [0.15, 0.2) is 5.76 Å². The fraction of sp³-hybridized carbons (Fsp3) is 0.500. The summed E-state index contributed by atoms with van der Waals surface area (Å²) in [5, 5.41) is 6.97. The van der Waals surface area contributed by atoms with Gasteiger partial charge in [-0.25, -0.2) is 0 Å². The predicted molar refractivity (Wildman–Crippen MR) is 91.6 cm³/mol. The topological polar surface area (TPSA) is 89.6 Å². The molecular weight excluding hydrogens is 336 g/mol. The number of rotatable bonds is 4.